The van der Waals surface area contributed by atoms with Gasteiger partial charge in [0.1, 0.15) is 14.8 Å². The van der Waals surface area contributed by atoms with Crippen molar-refractivity contribution in [2.45, 2.75) is 32.6 Å². The number of anilines is 2. The molecule has 0 bridgehead atoms. The van der Waals surface area contributed by atoms with E-state index in [0.717, 1.165) is 11.3 Å². The van der Waals surface area contributed by atoms with Crippen molar-refractivity contribution < 1.29 is 13.2 Å². The molecule has 0 spiro atoms. The third-order valence-corrected chi connectivity index (χ3v) is 6.26. The molecule has 1 amide bonds. The lowest BCUT2D eigenvalue weighted by Crippen LogP contribution is -2.28. The van der Waals surface area contributed by atoms with Gasteiger partial charge in [0.25, 0.3) is 5.91 Å². The zero-order valence-corrected chi connectivity index (χ0v) is 14.5. The summed E-state index contributed by atoms with van der Waals surface area (Å²) in [4.78, 5) is 13.6. The van der Waals surface area contributed by atoms with Gasteiger partial charge in [0.15, 0.2) is 9.84 Å². The van der Waals surface area contributed by atoms with E-state index in [0.29, 0.717) is 24.0 Å². The van der Waals surface area contributed by atoms with Crippen LogP contribution in [0.4, 0.5) is 10.7 Å². The molecular weight excluding hydrogens is 310 g/mol. The van der Waals surface area contributed by atoms with E-state index < -0.39 is 15.7 Å². The van der Waals surface area contributed by atoms with E-state index in [1.54, 1.807) is 6.92 Å². The number of carbonyl (C=O) groups excluding carboxylic acids is 1. The monoisotopic (exact) mass is 333 g/mol. The second-order valence-corrected chi connectivity index (χ2v) is 8.39. The molecule has 1 aromatic heterocycles. The van der Waals surface area contributed by atoms with E-state index in [-0.39, 0.29) is 21.2 Å². The number of sulfone groups is 1. The van der Waals surface area contributed by atoms with Crippen molar-refractivity contribution in [2.24, 2.45) is 11.7 Å². The van der Waals surface area contributed by atoms with Crippen molar-refractivity contribution >= 4 is 37.8 Å². The average Bonchev–Trinajstić information content (AvgIpc) is 2.74. The van der Waals surface area contributed by atoms with Crippen LogP contribution in [0.3, 0.4) is 0 Å². The number of primary amides is 1. The molecule has 1 heterocycles. The summed E-state index contributed by atoms with van der Waals surface area (Å²) < 4.78 is 24.7. The minimum atomic E-state index is -3.53. The number of hydrogen-bond acceptors (Lipinski definition) is 6. The quantitative estimate of drug-likeness (QED) is 0.790. The lowest BCUT2D eigenvalue weighted by molar-refractivity contribution is 0.100. The highest BCUT2D eigenvalue weighted by atomic mass is 32.2. The third kappa shape index (κ3) is 3.68. The van der Waals surface area contributed by atoms with E-state index in [1.165, 1.54) is 0 Å². The Kier molecular flexibility index (Phi) is 5.63. The lowest BCUT2D eigenvalue weighted by atomic mass is 10.2. The number of rotatable bonds is 7. The Morgan fingerprint density at radius 3 is 2.29 bits per heavy atom. The standard InChI is InChI=1S/C13H23N3O3S2/c1-5-16(7-8(3)4)13-11(21(18,19)6-2)9(14)10(20-13)12(15)17/h8H,5-7,14H2,1-4H3,(H2,15,17). The van der Waals surface area contributed by atoms with E-state index in [1.807, 2.05) is 25.7 Å². The molecule has 8 heteroatoms. The van der Waals surface area contributed by atoms with Crippen molar-refractivity contribution in [1.29, 1.82) is 0 Å². The first-order chi connectivity index (χ1) is 9.65. The topological polar surface area (TPSA) is 106 Å². The highest BCUT2D eigenvalue weighted by molar-refractivity contribution is 7.92. The second-order valence-electron chi connectivity index (χ2n) is 5.18. The van der Waals surface area contributed by atoms with Crippen LogP contribution in [-0.4, -0.2) is 33.2 Å². The number of nitrogens with zero attached hydrogens (tertiary/aromatic N) is 1. The molecule has 4 N–H and O–H groups in total. The molecular formula is C13H23N3O3S2. The smallest absolute Gasteiger partial charge is 0.261 e. The molecule has 0 atom stereocenters. The highest BCUT2D eigenvalue weighted by Gasteiger charge is 2.30. The fourth-order valence-electron chi connectivity index (χ4n) is 2.05. The Morgan fingerprint density at radius 1 is 1.33 bits per heavy atom. The summed E-state index contributed by atoms with van der Waals surface area (Å²) in [5.41, 5.74) is 11.2. The first-order valence-corrected chi connectivity index (χ1v) is 9.32. The van der Waals surface area contributed by atoms with Gasteiger partial charge in [-0.15, -0.1) is 11.3 Å². The summed E-state index contributed by atoms with van der Waals surface area (Å²) in [6, 6.07) is 0. The molecule has 0 aliphatic heterocycles. The summed E-state index contributed by atoms with van der Waals surface area (Å²) in [6.45, 7) is 8.89. The molecule has 0 unspecified atom stereocenters. The van der Waals surface area contributed by atoms with Crippen molar-refractivity contribution in [3.63, 3.8) is 0 Å². The van der Waals surface area contributed by atoms with Crippen LogP contribution in [-0.2, 0) is 9.84 Å². The minimum absolute atomic E-state index is 0.0217. The number of nitrogens with two attached hydrogens (primary N) is 2. The van der Waals surface area contributed by atoms with Crippen LogP contribution < -0.4 is 16.4 Å². The summed E-state index contributed by atoms with van der Waals surface area (Å²) >= 11 is 1.06. The van der Waals surface area contributed by atoms with Crippen molar-refractivity contribution in [1.82, 2.24) is 0 Å². The van der Waals surface area contributed by atoms with Crippen LogP contribution in [0.2, 0.25) is 0 Å². The first-order valence-electron chi connectivity index (χ1n) is 6.85. The maximum Gasteiger partial charge on any atom is 0.261 e. The molecule has 0 aromatic carbocycles. The van der Waals surface area contributed by atoms with Gasteiger partial charge in [-0.1, -0.05) is 20.8 Å². The molecule has 0 aliphatic carbocycles. The van der Waals surface area contributed by atoms with Gasteiger partial charge in [0, 0.05) is 13.1 Å². The highest BCUT2D eigenvalue weighted by Crippen LogP contribution is 2.42. The van der Waals surface area contributed by atoms with Crippen LogP contribution in [0, 0.1) is 5.92 Å². The fourth-order valence-corrected chi connectivity index (χ4v) is 4.78. The van der Waals surface area contributed by atoms with Gasteiger partial charge in [-0.05, 0) is 12.8 Å². The van der Waals surface area contributed by atoms with E-state index in [9.17, 15) is 13.2 Å². The number of carbonyl (C=O) groups is 1. The Bertz CT molecular complexity index is 621. The number of hydrogen-bond donors (Lipinski definition) is 2. The van der Waals surface area contributed by atoms with Crippen LogP contribution >= 0.6 is 11.3 Å². The van der Waals surface area contributed by atoms with Crippen LogP contribution in [0.25, 0.3) is 0 Å². The molecule has 6 nitrogen and oxygen atoms in total. The maximum atomic E-state index is 12.3. The Balaban J connectivity index is 3.56. The zero-order valence-electron chi connectivity index (χ0n) is 12.8. The van der Waals surface area contributed by atoms with Crippen LogP contribution in [0.1, 0.15) is 37.4 Å². The van der Waals surface area contributed by atoms with Crippen molar-refractivity contribution in [2.75, 3.05) is 29.5 Å². The minimum Gasteiger partial charge on any atom is -0.396 e. The van der Waals surface area contributed by atoms with Gasteiger partial charge in [0.2, 0.25) is 0 Å². The largest absolute Gasteiger partial charge is 0.396 e. The summed E-state index contributed by atoms with van der Waals surface area (Å²) in [6.07, 6.45) is 0. The Labute approximate surface area is 130 Å². The van der Waals surface area contributed by atoms with Crippen LogP contribution in [0.15, 0.2) is 4.90 Å². The lowest BCUT2D eigenvalue weighted by Gasteiger charge is -2.24. The molecule has 1 rings (SSSR count). The first kappa shape index (κ1) is 17.8. The molecule has 0 saturated heterocycles. The molecule has 0 radical (unpaired) electrons. The van der Waals surface area contributed by atoms with Gasteiger partial charge >= 0.3 is 0 Å². The number of nitrogen functional groups attached to an aromatic ring is 1. The normalized spacial score (nSPS) is 11.9. The molecule has 0 saturated carbocycles. The van der Waals surface area contributed by atoms with Gasteiger partial charge in [-0.2, -0.15) is 0 Å². The molecule has 0 fully saturated rings. The van der Waals surface area contributed by atoms with Gasteiger partial charge in [0.05, 0.1) is 11.4 Å². The maximum absolute atomic E-state index is 12.3. The second kappa shape index (κ2) is 6.65. The summed E-state index contributed by atoms with van der Waals surface area (Å²) in [5.74, 6) is -0.419. The average molecular weight is 333 g/mol. The summed E-state index contributed by atoms with van der Waals surface area (Å²) in [7, 11) is -3.53. The van der Waals surface area contributed by atoms with Gasteiger partial charge in [-0.25, -0.2) is 8.42 Å². The van der Waals surface area contributed by atoms with Gasteiger partial charge in [-0.3, -0.25) is 4.79 Å². The SMILES string of the molecule is CCN(CC(C)C)c1sc(C(N)=O)c(N)c1S(=O)(=O)CC. The Hall–Kier alpha value is -1.28. The molecule has 21 heavy (non-hydrogen) atoms. The van der Waals surface area contributed by atoms with Crippen molar-refractivity contribution in [3.8, 4) is 0 Å². The fraction of sp³-hybridized carbons (Fsp3) is 0.615. The Morgan fingerprint density at radius 2 is 1.90 bits per heavy atom. The third-order valence-electron chi connectivity index (χ3n) is 3.05. The predicted octanol–water partition coefficient (Wildman–Crippen LogP) is 1.71. The van der Waals surface area contributed by atoms with Crippen molar-refractivity contribution in [3.05, 3.63) is 4.88 Å². The molecule has 0 aliphatic rings. The van der Waals surface area contributed by atoms with Crippen LogP contribution in [0.5, 0.6) is 0 Å². The summed E-state index contributed by atoms with van der Waals surface area (Å²) in [5, 5.41) is 0.513. The predicted molar refractivity (Wildman–Crippen MR) is 87.7 cm³/mol. The number of amides is 1. The van der Waals surface area contributed by atoms with E-state index >= 15 is 0 Å². The molecule has 1 aromatic rings. The number of thiophene rings is 1. The van der Waals surface area contributed by atoms with E-state index in [2.05, 4.69) is 0 Å². The zero-order chi connectivity index (χ0) is 16.4. The van der Waals surface area contributed by atoms with E-state index in [4.69, 9.17) is 11.5 Å². The van der Waals surface area contributed by atoms with Gasteiger partial charge < -0.3 is 16.4 Å². The molecule has 120 valence electrons.